The van der Waals surface area contributed by atoms with Crippen molar-refractivity contribution < 1.29 is 32.6 Å². The van der Waals surface area contributed by atoms with E-state index in [-0.39, 0.29) is 25.3 Å². The number of benzene rings is 1. The Bertz CT molecular complexity index is 1210. The number of aromatic nitrogens is 1. The van der Waals surface area contributed by atoms with E-state index in [9.17, 15) is 14.4 Å². The SMILES string of the molecule is Cc1cnccc1CN1CC(c2cc(F)c(I=C3C(=O)OC4(CCCC4)OC3=O)c(F)c2)CC1=O. The summed E-state index contributed by atoms with van der Waals surface area (Å²) in [7, 11) is 0. The van der Waals surface area contributed by atoms with E-state index in [0.29, 0.717) is 31.5 Å². The van der Waals surface area contributed by atoms with Gasteiger partial charge in [-0.15, -0.1) is 0 Å². The molecule has 1 atom stereocenters. The minimum atomic E-state index is -1.80. The number of halogens is 3. The molecule has 1 amide bonds. The fourth-order valence-electron chi connectivity index (χ4n) is 4.76. The molecule has 1 saturated carbocycles. The van der Waals surface area contributed by atoms with Crippen molar-refractivity contribution in [3.63, 3.8) is 0 Å². The van der Waals surface area contributed by atoms with Gasteiger partial charge in [-0.05, 0) is 54.7 Å². The summed E-state index contributed by atoms with van der Waals surface area (Å²) in [5, 5.41) is 0. The van der Waals surface area contributed by atoms with Gasteiger partial charge >= 0.3 is 11.9 Å². The summed E-state index contributed by atoms with van der Waals surface area (Å²) < 4.78 is 40.2. The van der Waals surface area contributed by atoms with E-state index < -0.39 is 50.1 Å². The number of pyridine rings is 1. The van der Waals surface area contributed by atoms with Gasteiger partial charge in [0.05, 0.1) is 3.57 Å². The predicted molar refractivity (Wildman–Crippen MR) is 129 cm³/mol. The average molecular weight is 596 g/mol. The van der Waals surface area contributed by atoms with Crippen LogP contribution in [0, 0.1) is 22.1 Å². The first-order chi connectivity index (χ1) is 16.7. The van der Waals surface area contributed by atoms with Crippen LogP contribution in [0.1, 0.15) is 54.7 Å². The molecule has 1 aromatic carbocycles. The number of rotatable bonds is 4. The van der Waals surface area contributed by atoms with E-state index in [1.807, 2.05) is 13.0 Å². The van der Waals surface area contributed by atoms with Gasteiger partial charge in [-0.1, -0.05) is 20.7 Å². The molecule has 3 heterocycles. The monoisotopic (exact) mass is 596 g/mol. The standard InChI is InChI=1S/C25H23F2IN2O5/c1-14-11-29-7-4-15(14)12-30-13-17(10-20(30)31)16-8-18(26)21(19(27)9-16)28-22-23(32)34-25(35-24(22)33)5-2-3-6-25/h4,7-9,11,17H,2-3,5-6,10,12-13H2,1H3. The van der Waals surface area contributed by atoms with Crippen LogP contribution in [0.2, 0.25) is 0 Å². The van der Waals surface area contributed by atoms with Crippen LogP contribution in [-0.4, -0.2) is 43.6 Å². The van der Waals surface area contributed by atoms with Crippen molar-refractivity contribution in [2.75, 3.05) is 6.54 Å². The van der Waals surface area contributed by atoms with E-state index in [4.69, 9.17) is 9.47 Å². The summed E-state index contributed by atoms with van der Waals surface area (Å²) in [6.07, 6.45) is 5.96. The highest BCUT2D eigenvalue weighted by molar-refractivity contribution is 14.2. The second kappa shape index (κ2) is 9.36. The third-order valence-corrected chi connectivity index (χ3v) is 9.65. The van der Waals surface area contributed by atoms with Crippen molar-refractivity contribution in [3.05, 3.63) is 62.5 Å². The molecule has 1 aliphatic carbocycles. The van der Waals surface area contributed by atoms with Crippen LogP contribution < -0.4 is 0 Å². The second-order valence-corrected chi connectivity index (χ2v) is 11.8. The van der Waals surface area contributed by atoms with Crippen molar-refractivity contribution in [1.82, 2.24) is 9.88 Å². The molecule has 0 N–H and O–H groups in total. The first-order valence-electron chi connectivity index (χ1n) is 11.4. The van der Waals surface area contributed by atoms with Crippen LogP contribution >= 0.6 is 20.7 Å². The Balaban J connectivity index is 1.35. The second-order valence-electron chi connectivity index (χ2n) is 9.08. The van der Waals surface area contributed by atoms with Gasteiger partial charge in [-0.25, -0.2) is 18.4 Å². The molecule has 3 aliphatic rings. The van der Waals surface area contributed by atoms with Crippen LogP contribution in [-0.2, 0) is 30.4 Å². The van der Waals surface area contributed by atoms with Crippen molar-refractivity contribution in [2.45, 2.75) is 57.3 Å². The lowest BCUT2D eigenvalue weighted by atomic mass is 9.98. The van der Waals surface area contributed by atoms with Crippen molar-refractivity contribution in [3.8, 4) is 0 Å². The van der Waals surface area contributed by atoms with Gasteiger partial charge in [0.25, 0.3) is 5.79 Å². The lowest BCUT2D eigenvalue weighted by molar-refractivity contribution is -0.224. The molecule has 2 saturated heterocycles. The normalized spacial score (nSPS) is 21.6. The Morgan fingerprint density at radius 2 is 1.77 bits per heavy atom. The molecule has 0 radical (unpaired) electrons. The van der Waals surface area contributed by atoms with Gasteiger partial charge < -0.3 is 14.4 Å². The van der Waals surface area contributed by atoms with Gasteiger partial charge in [-0.3, -0.25) is 9.78 Å². The van der Waals surface area contributed by atoms with E-state index in [1.54, 1.807) is 17.3 Å². The maximum Gasteiger partial charge on any atom is 0.354 e. The largest absolute Gasteiger partial charge is 0.418 e. The van der Waals surface area contributed by atoms with Gasteiger partial charge in [0.15, 0.2) is 3.51 Å². The number of carbonyl (C=O) groups excluding carboxylic acids is 3. The zero-order chi connectivity index (χ0) is 24.7. The fourth-order valence-corrected chi connectivity index (χ4v) is 6.78. The molecule has 1 spiro atoms. The topological polar surface area (TPSA) is 85.8 Å². The van der Waals surface area contributed by atoms with Gasteiger partial charge in [0.2, 0.25) is 5.91 Å². The van der Waals surface area contributed by atoms with Crippen LogP contribution in [0.25, 0.3) is 0 Å². The lowest BCUT2D eigenvalue weighted by Gasteiger charge is -2.32. The molecule has 35 heavy (non-hydrogen) atoms. The highest BCUT2D eigenvalue weighted by atomic mass is 127. The molecule has 1 unspecified atom stereocenters. The summed E-state index contributed by atoms with van der Waals surface area (Å²) in [6, 6.07) is 4.26. The minimum Gasteiger partial charge on any atom is -0.418 e. The molecule has 1 aromatic heterocycles. The van der Waals surface area contributed by atoms with Crippen molar-refractivity contribution >= 4 is 42.1 Å². The van der Waals surface area contributed by atoms with Gasteiger partial charge in [0.1, 0.15) is 11.6 Å². The zero-order valence-electron chi connectivity index (χ0n) is 19.0. The van der Waals surface area contributed by atoms with Crippen LogP contribution in [0.3, 0.4) is 0 Å². The number of aryl methyl sites for hydroxylation is 1. The Morgan fingerprint density at radius 1 is 1.11 bits per heavy atom. The number of nitrogens with zero attached hydrogens (tertiary/aromatic N) is 2. The molecule has 2 aromatic rings. The van der Waals surface area contributed by atoms with Crippen LogP contribution in [0.4, 0.5) is 8.78 Å². The number of hydrogen-bond acceptors (Lipinski definition) is 6. The number of carbonyl (C=O) groups is 3. The summed E-state index contributed by atoms with van der Waals surface area (Å²) >= 11 is -1.80. The Morgan fingerprint density at radius 3 is 2.40 bits per heavy atom. The molecule has 10 heteroatoms. The molecule has 7 nitrogen and oxygen atoms in total. The predicted octanol–water partition coefficient (Wildman–Crippen LogP) is 3.87. The summed E-state index contributed by atoms with van der Waals surface area (Å²) in [6.45, 7) is 2.66. The molecule has 5 rings (SSSR count). The average Bonchev–Trinajstić information content (AvgIpc) is 3.40. The summed E-state index contributed by atoms with van der Waals surface area (Å²) in [5.74, 6) is -5.04. The Labute approximate surface area is 210 Å². The minimum absolute atomic E-state index is 0.0902. The quantitative estimate of drug-likeness (QED) is 0.303. The highest BCUT2D eigenvalue weighted by Gasteiger charge is 2.48. The maximum atomic E-state index is 15.0. The van der Waals surface area contributed by atoms with Crippen LogP contribution in [0.5, 0.6) is 0 Å². The molecular weight excluding hydrogens is 573 g/mol. The van der Waals surface area contributed by atoms with Crippen molar-refractivity contribution in [2.24, 2.45) is 0 Å². The highest BCUT2D eigenvalue weighted by Crippen LogP contribution is 2.39. The van der Waals surface area contributed by atoms with E-state index in [2.05, 4.69) is 4.98 Å². The molecule has 0 bridgehead atoms. The van der Waals surface area contributed by atoms with Gasteiger partial charge in [-0.2, -0.15) is 0 Å². The summed E-state index contributed by atoms with van der Waals surface area (Å²) in [4.78, 5) is 43.3. The van der Waals surface area contributed by atoms with Gasteiger partial charge in [0, 0.05) is 50.7 Å². The third kappa shape index (κ3) is 4.72. The first-order valence-corrected chi connectivity index (χ1v) is 13.5. The summed E-state index contributed by atoms with van der Waals surface area (Å²) in [5.41, 5.74) is 2.30. The van der Waals surface area contributed by atoms with E-state index in [0.717, 1.165) is 24.0 Å². The number of amides is 1. The first kappa shape index (κ1) is 24.0. The number of esters is 2. The van der Waals surface area contributed by atoms with Crippen molar-refractivity contribution in [1.29, 1.82) is 0 Å². The van der Waals surface area contributed by atoms with Crippen LogP contribution in [0.15, 0.2) is 30.6 Å². The fraction of sp³-hybridized carbons (Fsp3) is 0.400. The number of ether oxygens (including phenoxy) is 2. The lowest BCUT2D eigenvalue weighted by Crippen LogP contribution is -2.48. The molecular formula is C25H23F2IN2O5. The number of likely N-dealkylation sites (tertiary alicyclic amines) is 1. The number of hydrogen-bond donors (Lipinski definition) is 0. The third-order valence-electron chi connectivity index (χ3n) is 6.66. The zero-order valence-corrected chi connectivity index (χ0v) is 21.1. The smallest absolute Gasteiger partial charge is 0.354 e. The Hall–Kier alpha value is -2.76. The Kier molecular flexibility index (Phi) is 6.41. The maximum absolute atomic E-state index is 15.0. The van der Waals surface area contributed by atoms with E-state index >= 15 is 8.78 Å². The molecule has 3 fully saturated rings. The molecule has 2 aliphatic heterocycles. The molecule has 184 valence electrons. The van der Waals surface area contributed by atoms with E-state index in [1.165, 1.54) is 12.1 Å².